The van der Waals surface area contributed by atoms with E-state index >= 15 is 0 Å². The van der Waals surface area contributed by atoms with E-state index < -0.39 is 0 Å². The van der Waals surface area contributed by atoms with E-state index in [1.54, 1.807) is 6.21 Å². The molecule has 0 saturated heterocycles. The molecule has 1 aliphatic carbocycles. The van der Waals surface area contributed by atoms with Crippen LogP contribution in [0.3, 0.4) is 0 Å². The molecule has 3 aromatic carbocycles. The zero-order chi connectivity index (χ0) is 25.6. The Bertz CT molecular complexity index is 1460. The molecule has 0 spiro atoms. The van der Waals surface area contributed by atoms with Gasteiger partial charge < -0.3 is 9.47 Å². The van der Waals surface area contributed by atoms with Crippen molar-refractivity contribution in [3.8, 4) is 11.5 Å². The van der Waals surface area contributed by atoms with E-state index in [9.17, 15) is 4.79 Å². The normalized spacial score (nSPS) is 14.3. The van der Waals surface area contributed by atoms with Crippen LogP contribution in [0.2, 0.25) is 0 Å². The molecular formula is C30H30BrN3O3. The van der Waals surface area contributed by atoms with Crippen molar-refractivity contribution in [3.63, 3.8) is 0 Å². The van der Waals surface area contributed by atoms with Gasteiger partial charge in [-0.25, -0.2) is 4.98 Å². The molecule has 0 aliphatic heterocycles. The Morgan fingerprint density at radius 2 is 1.78 bits per heavy atom. The van der Waals surface area contributed by atoms with E-state index in [1.807, 2.05) is 73.7 Å². The lowest BCUT2D eigenvalue weighted by Crippen LogP contribution is -2.25. The molecule has 190 valence electrons. The maximum atomic E-state index is 13.5. The van der Waals surface area contributed by atoms with E-state index in [1.165, 1.54) is 11.1 Å². The van der Waals surface area contributed by atoms with Gasteiger partial charge in [-0.1, -0.05) is 61.7 Å². The third-order valence-electron chi connectivity index (χ3n) is 6.63. The largest absolute Gasteiger partial charge is 0.490 e. The van der Waals surface area contributed by atoms with E-state index in [-0.39, 0.29) is 11.5 Å². The van der Waals surface area contributed by atoms with Crippen LogP contribution in [-0.2, 0) is 6.61 Å². The summed E-state index contributed by atoms with van der Waals surface area (Å²) in [4.78, 5) is 18.4. The Morgan fingerprint density at radius 1 is 1.03 bits per heavy atom. The van der Waals surface area contributed by atoms with Gasteiger partial charge in [0.2, 0.25) is 0 Å². The standard InChI is InChI=1S/C30H30BrN3O3/c1-2-36-27-18-22(17-25(31)28(27)37-20-21-11-5-3-6-12-21)19-32-34-29(23-13-7-4-8-14-23)33-26-16-10-9-15-24(26)30(34)35/h3,5-6,9-12,15-19,23H,2,4,7-8,13-14,20H2,1H3. The number of fused-ring (bicyclic) bond motifs is 1. The fourth-order valence-electron chi connectivity index (χ4n) is 4.80. The Hall–Kier alpha value is -3.45. The molecule has 37 heavy (non-hydrogen) atoms. The minimum atomic E-state index is -0.144. The predicted molar refractivity (Wildman–Crippen MR) is 151 cm³/mol. The summed E-state index contributed by atoms with van der Waals surface area (Å²) in [5.74, 6) is 2.22. The first-order valence-corrected chi connectivity index (χ1v) is 13.6. The second-order valence-electron chi connectivity index (χ2n) is 9.22. The summed E-state index contributed by atoms with van der Waals surface area (Å²) in [7, 11) is 0. The van der Waals surface area contributed by atoms with Crippen molar-refractivity contribution in [2.24, 2.45) is 5.10 Å². The van der Waals surface area contributed by atoms with E-state index in [0.717, 1.165) is 52.6 Å². The third-order valence-corrected chi connectivity index (χ3v) is 7.22. The number of benzene rings is 3. The minimum Gasteiger partial charge on any atom is -0.490 e. The molecule has 0 atom stereocenters. The van der Waals surface area contributed by atoms with Crippen molar-refractivity contribution in [3.05, 3.63) is 98.5 Å². The molecule has 0 bridgehead atoms. The smallest absolute Gasteiger partial charge is 0.282 e. The van der Waals surface area contributed by atoms with Crippen molar-refractivity contribution in [1.29, 1.82) is 0 Å². The lowest BCUT2D eigenvalue weighted by molar-refractivity contribution is 0.267. The maximum Gasteiger partial charge on any atom is 0.282 e. The highest BCUT2D eigenvalue weighted by Gasteiger charge is 2.22. The zero-order valence-electron chi connectivity index (χ0n) is 20.9. The van der Waals surface area contributed by atoms with Gasteiger partial charge in [0.05, 0.1) is 28.2 Å². The van der Waals surface area contributed by atoms with Crippen LogP contribution in [0, 0.1) is 0 Å². The number of para-hydroxylation sites is 1. The highest BCUT2D eigenvalue weighted by molar-refractivity contribution is 9.10. The first-order chi connectivity index (χ1) is 18.1. The van der Waals surface area contributed by atoms with Crippen LogP contribution in [-0.4, -0.2) is 22.5 Å². The molecule has 1 fully saturated rings. The zero-order valence-corrected chi connectivity index (χ0v) is 22.5. The first kappa shape index (κ1) is 25.2. The van der Waals surface area contributed by atoms with Gasteiger partial charge in [-0.05, 0) is 71.1 Å². The van der Waals surface area contributed by atoms with Gasteiger partial charge in [-0.2, -0.15) is 9.78 Å². The lowest BCUT2D eigenvalue weighted by Gasteiger charge is -2.22. The van der Waals surface area contributed by atoms with Gasteiger partial charge >= 0.3 is 0 Å². The second-order valence-corrected chi connectivity index (χ2v) is 10.1. The van der Waals surface area contributed by atoms with Gasteiger partial charge in [0.15, 0.2) is 11.5 Å². The third kappa shape index (κ3) is 5.77. The van der Waals surface area contributed by atoms with E-state index in [0.29, 0.717) is 30.1 Å². The molecule has 5 rings (SSSR count). The van der Waals surface area contributed by atoms with Gasteiger partial charge in [0, 0.05) is 5.92 Å². The van der Waals surface area contributed by atoms with Crippen LogP contribution < -0.4 is 15.0 Å². The predicted octanol–water partition coefficient (Wildman–Crippen LogP) is 7.07. The molecule has 0 unspecified atom stereocenters. The molecule has 0 amide bonds. The number of rotatable bonds is 8. The summed E-state index contributed by atoms with van der Waals surface area (Å²) in [5, 5.41) is 5.24. The number of ether oxygens (including phenoxy) is 2. The Balaban J connectivity index is 1.50. The van der Waals surface area contributed by atoms with Gasteiger partial charge in [-0.3, -0.25) is 4.79 Å². The number of nitrogens with zero attached hydrogens (tertiary/aromatic N) is 3. The molecule has 1 heterocycles. The molecule has 1 saturated carbocycles. The van der Waals surface area contributed by atoms with Crippen LogP contribution in [0.4, 0.5) is 0 Å². The van der Waals surface area contributed by atoms with Crippen LogP contribution >= 0.6 is 15.9 Å². The Labute approximate surface area is 225 Å². The van der Waals surface area contributed by atoms with Crippen molar-refractivity contribution in [2.75, 3.05) is 6.61 Å². The molecule has 0 N–H and O–H groups in total. The van der Waals surface area contributed by atoms with Crippen LogP contribution in [0.25, 0.3) is 10.9 Å². The first-order valence-electron chi connectivity index (χ1n) is 12.8. The summed E-state index contributed by atoms with van der Waals surface area (Å²) in [6.07, 6.45) is 7.25. The topological polar surface area (TPSA) is 65.7 Å². The maximum absolute atomic E-state index is 13.5. The van der Waals surface area contributed by atoms with Crippen molar-refractivity contribution >= 4 is 33.0 Å². The van der Waals surface area contributed by atoms with E-state index in [4.69, 9.17) is 14.5 Å². The molecular weight excluding hydrogens is 530 g/mol. The average Bonchev–Trinajstić information content (AvgIpc) is 2.93. The quantitative estimate of drug-likeness (QED) is 0.216. The highest BCUT2D eigenvalue weighted by atomic mass is 79.9. The van der Waals surface area contributed by atoms with Crippen molar-refractivity contribution in [2.45, 2.75) is 51.6 Å². The summed E-state index contributed by atoms with van der Waals surface area (Å²) < 4.78 is 14.3. The molecule has 1 aromatic heterocycles. The van der Waals surface area contributed by atoms with Gasteiger partial charge in [-0.15, -0.1) is 0 Å². The van der Waals surface area contributed by atoms with E-state index in [2.05, 4.69) is 21.0 Å². The molecule has 0 radical (unpaired) electrons. The molecule has 4 aromatic rings. The fourth-order valence-corrected chi connectivity index (χ4v) is 5.37. The van der Waals surface area contributed by atoms with Gasteiger partial charge in [0.25, 0.3) is 5.56 Å². The molecule has 6 nitrogen and oxygen atoms in total. The highest BCUT2D eigenvalue weighted by Crippen LogP contribution is 2.37. The van der Waals surface area contributed by atoms with Crippen molar-refractivity contribution in [1.82, 2.24) is 9.66 Å². The second kappa shape index (κ2) is 11.7. The SMILES string of the molecule is CCOc1cc(C=Nn2c(C3CCCCC3)nc3ccccc3c2=O)cc(Br)c1OCc1ccccc1. The monoisotopic (exact) mass is 559 g/mol. The van der Waals surface area contributed by atoms with Crippen LogP contribution in [0.1, 0.15) is 61.9 Å². The Kier molecular flexibility index (Phi) is 7.99. The summed E-state index contributed by atoms with van der Waals surface area (Å²) in [6.45, 7) is 2.86. The number of aromatic nitrogens is 2. The molecule has 7 heteroatoms. The lowest BCUT2D eigenvalue weighted by atomic mass is 9.88. The summed E-state index contributed by atoms with van der Waals surface area (Å²) in [5.41, 5.74) is 2.44. The summed E-state index contributed by atoms with van der Waals surface area (Å²) in [6, 6.07) is 21.3. The minimum absolute atomic E-state index is 0.144. The average molecular weight is 560 g/mol. The van der Waals surface area contributed by atoms with Crippen molar-refractivity contribution < 1.29 is 9.47 Å². The van der Waals surface area contributed by atoms with Crippen LogP contribution in [0.15, 0.2) is 81.1 Å². The Morgan fingerprint density at radius 3 is 2.57 bits per heavy atom. The van der Waals surface area contributed by atoms with Crippen LogP contribution in [0.5, 0.6) is 11.5 Å². The van der Waals surface area contributed by atoms with Gasteiger partial charge in [0.1, 0.15) is 12.4 Å². The number of halogens is 1. The number of hydrogen-bond acceptors (Lipinski definition) is 5. The number of hydrogen-bond donors (Lipinski definition) is 0. The molecule has 1 aliphatic rings. The summed E-state index contributed by atoms with van der Waals surface area (Å²) >= 11 is 3.64. The fraction of sp³-hybridized carbons (Fsp3) is 0.300.